The molecule has 1 aromatic carbocycles. The number of halogens is 1. The Morgan fingerprint density at radius 3 is 2.15 bits per heavy atom. The number of nitrogens with one attached hydrogen (secondary N) is 2. The van der Waals surface area contributed by atoms with Crippen molar-refractivity contribution in [3.05, 3.63) is 18.2 Å². The molecule has 0 aliphatic heterocycles. The average Bonchev–Trinajstić information content (AvgIpc) is 2.59. The van der Waals surface area contributed by atoms with Crippen molar-refractivity contribution in [2.75, 3.05) is 24.1 Å². The zero-order chi connectivity index (χ0) is 19.3. The molecule has 0 aromatic heterocycles. The lowest BCUT2D eigenvalue weighted by molar-refractivity contribution is 0.388. The molecule has 152 valence electrons. The molecule has 0 bridgehead atoms. The van der Waals surface area contributed by atoms with E-state index in [4.69, 9.17) is 10.5 Å². The number of hydrogen-bond donors (Lipinski definition) is 3. The van der Waals surface area contributed by atoms with Gasteiger partial charge in [0.15, 0.2) is 0 Å². The summed E-state index contributed by atoms with van der Waals surface area (Å²) in [5, 5.41) is 0. The van der Waals surface area contributed by atoms with Crippen molar-refractivity contribution in [3.63, 3.8) is 0 Å². The third-order valence-electron chi connectivity index (χ3n) is 4.13. The highest BCUT2D eigenvalue weighted by molar-refractivity contribution is 7.92. The number of rotatable bonds is 10. The highest BCUT2D eigenvalue weighted by Crippen LogP contribution is 2.28. The van der Waals surface area contributed by atoms with Gasteiger partial charge < -0.3 is 10.5 Å². The molecular weight excluding hydrogens is 402 g/mol. The van der Waals surface area contributed by atoms with Crippen molar-refractivity contribution in [2.24, 2.45) is 5.73 Å². The van der Waals surface area contributed by atoms with Gasteiger partial charge in [0, 0.05) is 18.2 Å². The molecule has 0 saturated heterocycles. The van der Waals surface area contributed by atoms with Crippen LogP contribution in [0.2, 0.25) is 0 Å². The summed E-state index contributed by atoms with van der Waals surface area (Å²) in [6.07, 6.45) is 1.25. The molecule has 4 N–H and O–H groups in total. The summed E-state index contributed by atoms with van der Waals surface area (Å²) in [5.41, 5.74) is 5.73. The molecule has 1 rings (SSSR count). The average molecular weight is 430 g/mol. The zero-order valence-corrected chi connectivity index (χ0v) is 17.9. The molecule has 0 radical (unpaired) electrons. The van der Waals surface area contributed by atoms with Crippen LogP contribution in [0, 0.1) is 0 Å². The summed E-state index contributed by atoms with van der Waals surface area (Å²) in [6, 6.07) is 4.00. The summed E-state index contributed by atoms with van der Waals surface area (Å²) >= 11 is 0. The predicted octanol–water partition coefficient (Wildman–Crippen LogP) is 1.67. The summed E-state index contributed by atoms with van der Waals surface area (Å²) < 4.78 is 58.4. The van der Waals surface area contributed by atoms with Crippen LogP contribution in [0.1, 0.15) is 33.6 Å². The van der Waals surface area contributed by atoms with Gasteiger partial charge in [-0.2, -0.15) is 0 Å². The second-order valence-corrected chi connectivity index (χ2v) is 9.51. The van der Waals surface area contributed by atoms with Crippen LogP contribution >= 0.6 is 12.4 Å². The highest BCUT2D eigenvalue weighted by Gasteiger charge is 2.26. The smallest absolute Gasteiger partial charge is 0.244 e. The van der Waals surface area contributed by atoms with Gasteiger partial charge in [-0.15, -0.1) is 12.4 Å². The number of sulfonamides is 2. The minimum Gasteiger partial charge on any atom is -0.495 e. The number of ether oxygens (including phenoxy) is 1. The van der Waals surface area contributed by atoms with Gasteiger partial charge in [-0.3, -0.25) is 4.72 Å². The van der Waals surface area contributed by atoms with Gasteiger partial charge in [0.25, 0.3) is 0 Å². The van der Waals surface area contributed by atoms with Crippen LogP contribution in [0.4, 0.5) is 5.69 Å². The zero-order valence-electron chi connectivity index (χ0n) is 15.4. The van der Waals surface area contributed by atoms with Gasteiger partial charge >= 0.3 is 0 Å². The minimum atomic E-state index is -3.85. The Bertz CT molecular complexity index is 793. The van der Waals surface area contributed by atoms with Crippen LogP contribution in [0.25, 0.3) is 0 Å². The Hall–Kier alpha value is -1.07. The van der Waals surface area contributed by atoms with Crippen molar-refractivity contribution in [1.29, 1.82) is 0 Å². The first-order chi connectivity index (χ1) is 11.5. The van der Waals surface area contributed by atoms with Gasteiger partial charge in [0.2, 0.25) is 20.0 Å². The fourth-order valence-corrected chi connectivity index (χ4v) is 3.94. The van der Waals surface area contributed by atoms with Crippen molar-refractivity contribution >= 4 is 38.1 Å². The number of hydrogen-bond acceptors (Lipinski definition) is 6. The molecule has 0 aliphatic rings. The molecule has 11 heteroatoms. The summed E-state index contributed by atoms with van der Waals surface area (Å²) in [7, 11) is -6.01. The maximum atomic E-state index is 12.6. The van der Waals surface area contributed by atoms with E-state index in [1.54, 1.807) is 0 Å². The summed E-state index contributed by atoms with van der Waals surface area (Å²) in [5.74, 6) is -0.0526. The maximum Gasteiger partial charge on any atom is 0.244 e. The van der Waals surface area contributed by atoms with E-state index in [-0.39, 0.29) is 41.0 Å². The van der Waals surface area contributed by atoms with Crippen molar-refractivity contribution < 1.29 is 21.6 Å². The normalized spacial score (nSPS) is 12.3. The SMILES string of the molecule is CCC(N)(CC)CNS(=O)(=O)c1ccc(NS(=O)(=O)CC)cc1OC.Cl. The van der Waals surface area contributed by atoms with E-state index in [1.165, 1.54) is 32.2 Å². The molecule has 8 nitrogen and oxygen atoms in total. The van der Waals surface area contributed by atoms with Crippen LogP contribution in [0.5, 0.6) is 5.75 Å². The summed E-state index contributed by atoms with van der Waals surface area (Å²) in [4.78, 5) is -0.0796. The predicted molar refractivity (Wildman–Crippen MR) is 106 cm³/mol. The highest BCUT2D eigenvalue weighted by atomic mass is 35.5. The number of benzene rings is 1. The van der Waals surface area contributed by atoms with Gasteiger partial charge in [0.05, 0.1) is 18.6 Å². The quantitative estimate of drug-likeness (QED) is 0.519. The lowest BCUT2D eigenvalue weighted by Crippen LogP contribution is -2.49. The van der Waals surface area contributed by atoms with Crippen molar-refractivity contribution in [3.8, 4) is 5.75 Å². The molecule has 0 spiro atoms. The number of methoxy groups -OCH3 is 1. The molecule has 26 heavy (non-hydrogen) atoms. The first kappa shape index (κ1) is 24.9. The first-order valence-electron chi connectivity index (χ1n) is 7.99. The third kappa shape index (κ3) is 6.58. The van der Waals surface area contributed by atoms with Crippen LogP contribution in [0.15, 0.2) is 23.1 Å². The van der Waals surface area contributed by atoms with E-state index in [9.17, 15) is 16.8 Å². The molecule has 0 heterocycles. The topological polar surface area (TPSA) is 128 Å². The van der Waals surface area contributed by atoms with Crippen LogP contribution in [-0.4, -0.2) is 41.8 Å². The van der Waals surface area contributed by atoms with E-state index < -0.39 is 25.6 Å². The van der Waals surface area contributed by atoms with Crippen LogP contribution < -0.4 is 19.9 Å². The molecule has 0 aliphatic carbocycles. The van der Waals surface area contributed by atoms with Crippen LogP contribution in [0.3, 0.4) is 0 Å². The fraction of sp³-hybridized carbons (Fsp3) is 0.600. The molecule has 0 unspecified atom stereocenters. The van der Waals surface area contributed by atoms with Crippen LogP contribution in [-0.2, 0) is 20.0 Å². The molecule has 0 fully saturated rings. The van der Waals surface area contributed by atoms with E-state index in [0.717, 1.165) is 0 Å². The molecule has 0 amide bonds. The number of nitrogens with two attached hydrogens (primary N) is 1. The lowest BCUT2D eigenvalue weighted by Gasteiger charge is -2.26. The number of anilines is 1. The Kier molecular flexibility index (Phi) is 9.35. The van der Waals surface area contributed by atoms with Gasteiger partial charge in [-0.1, -0.05) is 13.8 Å². The molecule has 0 saturated carbocycles. The molecule has 1 aromatic rings. The van der Waals surface area contributed by atoms with E-state index in [2.05, 4.69) is 9.44 Å². The Labute approximate surface area is 162 Å². The van der Waals surface area contributed by atoms with E-state index in [1.807, 2.05) is 13.8 Å². The minimum absolute atomic E-state index is 0. The van der Waals surface area contributed by atoms with E-state index in [0.29, 0.717) is 12.8 Å². The molecule has 0 atom stereocenters. The molecular formula is C15H28ClN3O5S2. The third-order valence-corrected chi connectivity index (χ3v) is 6.88. The fourth-order valence-electron chi connectivity index (χ4n) is 2.02. The standard InChI is InChI=1S/C15H27N3O5S2.ClH/c1-5-15(16,6-2)11-17-25(21,22)14-9-8-12(10-13(14)23-4)18-24(19,20)7-3;/h8-10,17-18H,5-7,11,16H2,1-4H3;1H. The summed E-state index contributed by atoms with van der Waals surface area (Å²) in [6.45, 7) is 5.39. The Morgan fingerprint density at radius 1 is 1.12 bits per heavy atom. The van der Waals surface area contributed by atoms with E-state index >= 15 is 0 Å². The maximum absolute atomic E-state index is 12.6. The first-order valence-corrected chi connectivity index (χ1v) is 11.1. The van der Waals surface area contributed by atoms with Gasteiger partial charge in [-0.25, -0.2) is 21.6 Å². The monoisotopic (exact) mass is 429 g/mol. The second-order valence-electron chi connectivity index (χ2n) is 5.77. The second kappa shape index (κ2) is 9.75. The van der Waals surface area contributed by atoms with Crippen molar-refractivity contribution in [1.82, 2.24) is 4.72 Å². The Morgan fingerprint density at radius 2 is 1.69 bits per heavy atom. The Balaban J connectivity index is 0.00000625. The lowest BCUT2D eigenvalue weighted by atomic mass is 9.95. The van der Waals surface area contributed by atoms with Gasteiger partial charge in [0.1, 0.15) is 10.6 Å². The largest absolute Gasteiger partial charge is 0.495 e. The van der Waals surface area contributed by atoms with Gasteiger partial charge in [-0.05, 0) is 31.9 Å². The van der Waals surface area contributed by atoms with Crippen molar-refractivity contribution in [2.45, 2.75) is 44.0 Å².